The summed E-state index contributed by atoms with van der Waals surface area (Å²) < 4.78 is 0. The topological polar surface area (TPSA) is 63.8 Å². The Kier molecular flexibility index (Phi) is 4.10. The minimum atomic E-state index is 0.587. The van der Waals surface area contributed by atoms with Gasteiger partial charge in [0.25, 0.3) is 0 Å². The van der Waals surface area contributed by atoms with E-state index in [9.17, 15) is 0 Å². The molecular formula is C14H15ClN4S. The second-order valence-electron chi connectivity index (χ2n) is 4.76. The molecule has 20 heavy (non-hydrogen) atoms. The molecule has 104 valence electrons. The lowest BCUT2D eigenvalue weighted by Crippen LogP contribution is -2.11. The van der Waals surface area contributed by atoms with Crippen LogP contribution in [0.1, 0.15) is 30.3 Å². The summed E-state index contributed by atoms with van der Waals surface area (Å²) in [6, 6.07) is 9.71. The molecule has 0 spiro atoms. The monoisotopic (exact) mass is 306 g/mol. The number of nitrogens with two attached hydrogens (primary N) is 1. The van der Waals surface area contributed by atoms with Gasteiger partial charge >= 0.3 is 0 Å². The summed E-state index contributed by atoms with van der Waals surface area (Å²) in [6.45, 7) is 0. The Labute approximate surface area is 127 Å². The highest BCUT2D eigenvalue weighted by atomic mass is 35.5. The number of nitrogens with zero attached hydrogens (tertiary/aromatic N) is 2. The molecule has 1 aromatic carbocycles. The fourth-order valence-electron chi connectivity index (χ4n) is 1.92. The summed E-state index contributed by atoms with van der Waals surface area (Å²) in [5.41, 5.74) is 3.72. The number of benzene rings is 1. The van der Waals surface area contributed by atoms with Gasteiger partial charge in [0, 0.05) is 27.6 Å². The van der Waals surface area contributed by atoms with Crippen LogP contribution in [0.4, 0.5) is 5.82 Å². The van der Waals surface area contributed by atoms with Gasteiger partial charge in [-0.3, -0.25) is 0 Å². The van der Waals surface area contributed by atoms with Crippen molar-refractivity contribution in [2.24, 2.45) is 5.84 Å². The van der Waals surface area contributed by atoms with Gasteiger partial charge in [-0.05, 0) is 37.1 Å². The molecule has 4 nitrogen and oxygen atoms in total. The lowest BCUT2D eigenvalue weighted by Gasteiger charge is -2.07. The molecule has 0 aliphatic heterocycles. The highest BCUT2D eigenvalue weighted by Crippen LogP contribution is 2.39. The number of anilines is 1. The van der Waals surface area contributed by atoms with Gasteiger partial charge < -0.3 is 5.43 Å². The van der Waals surface area contributed by atoms with E-state index < -0.39 is 0 Å². The van der Waals surface area contributed by atoms with E-state index in [-0.39, 0.29) is 0 Å². The molecule has 0 saturated heterocycles. The SMILES string of the molecule is NNc1cc(C2CC2)nc(CSc2ccc(Cl)cc2)n1. The van der Waals surface area contributed by atoms with Crippen LogP contribution in [0.3, 0.4) is 0 Å². The Morgan fingerprint density at radius 2 is 2.00 bits per heavy atom. The second kappa shape index (κ2) is 5.99. The predicted molar refractivity (Wildman–Crippen MR) is 82.8 cm³/mol. The van der Waals surface area contributed by atoms with E-state index in [4.69, 9.17) is 17.4 Å². The van der Waals surface area contributed by atoms with Crippen LogP contribution in [0.15, 0.2) is 35.2 Å². The van der Waals surface area contributed by atoms with Gasteiger partial charge in [0.1, 0.15) is 11.6 Å². The van der Waals surface area contributed by atoms with Crippen molar-refractivity contribution in [1.29, 1.82) is 0 Å². The second-order valence-corrected chi connectivity index (χ2v) is 6.24. The zero-order chi connectivity index (χ0) is 13.9. The maximum Gasteiger partial charge on any atom is 0.143 e. The predicted octanol–water partition coefficient (Wildman–Crippen LogP) is 3.59. The largest absolute Gasteiger partial charge is 0.308 e. The number of nitrogens with one attached hydrogen (secondary N) is 1. The quantitative estimate of drug-likeness (QED) is 0.502. The van der Waals surface area contributed by atoms with Crippen molar-refractivity contribution >= 4 is 29.2 Å². The first-order valence-corrected chi connectivity index (χ1v) is 7.84. The number of hydrogen-bond donors (Lipinski definition) is 2. The molecule has 1 aliphatic rings. The molecule has 0 radical (unpaired) electrons. The first kappa shape index (κ1) is 13.7. The molecule has 3 rings (SSSR count). The van der Waals surface area contributed by atoms with Crippen LogP contribution in [0.5, 0.6) is 0 Å². The van der Waals surface area contributed by atoms with Crippen molar-refractivity contribution < 1.29 is 0 Å². The van der Waals surface area contributed by atoms with Crippen LogP contribution in [-0.2, 0) is 5.75 Å². The molecular weight excluding hydrogens is 292 g/mol. The summed E-state index contributed by atoms with van der Waals surface area (Å²) in [7, 11) is 0. The van der Waals surface area contributed by atoms with E-state index in [2.05, 4.69) is 15.4 Å². The Bertz CT molecular complexity index is 599. The van der Waals surface area contributed by atoms with Crippen molar-refractivity contribution in [2.45, 2.75) is 29.4 Å². The summed E-state index contributed by atoms with van der Waals surface area (Å²) in [5, 5.41) is 0.746. The van der Waals surface area contributed by atoms with Gasteiger partial charge in [0.15, 0.2) is 0 Å². The van der Waals surface area contributed by atoms with Crippen molar-refractivity contribution in [1.82, 2.24) is 9.97 Å². The van der Waals surface area contributed by atoms with Gasteiger partial charge in [-0.2, -0.15) is 0 Å². The van der Waals surface area contributed by atoms with E-state index in [0.717, 1.165) is 27.2 Å². The third-order valence-corrected chi connectivity index (χ3v) is 4.38. The van der Waals surface area contributed by atoms with Crippen molar-refractivity contribution in [3.05, 3.63) is 46.9 Å². The van der Waals surface area contributed by atoms with E-state index in [1.165, 1.54) is 12.8 Å². The van der Waals surface area contributed by atoms with Crippen molar-refractivity contribution in [3.63, 3.8) is 0 Å². The minimum absolute atomic E-state index is 0.587. The highest BCUT2D eigenvalue weighted by Gasteiger charge is 2.26. The first-order valence-electron chi connectivity index (χ1n) is 6.47. The summed E-state index contributed by atoms with van der Waals surface area (Å²) in [4.78, 5) is 10.2. The van der Waals surface area contributed by atoms with Crippen LogP contribution < -0.4 is 11.3 Å². The number of nitrogen functional groups attached to an aromatic ring is 1. The summed E-state index contributed by atoms with van der Waals surface area (Å²) in [6.07, 6.45) is 2.43. The average molecular weight is 307 g/mol. The van der Waals surface area contributed by atoms with E-state index in [1.807, 2.05) is 30.3 Å². The Morgan fingerprint density at radius 3 is 2.65 bits per heavy atom. The van der Waals surface area contributed by atoms with Crippen LogP contribution in [0, 0.1) is 0 Å². The van der Waals surface area contributed by atoms with E-state index in [0.29, 0.717) is 11.7 Å². The molecule has 1 heterocycles. The minimum Gasteiger partial charge on any atom is -0.308 e. The molecule has 0 atom stereocenters. The molecule has 1 saturated carbocycles. The first-order chi connectivity index (χ1) is 9.74. The van der Waals surface area contributed by atoms with E-state index in [1.54, 1.807) is 11.8 Å². The molecule has 1 fully saturated rings. The van der Waals surface area contributed by atoms with Gasteiger partial charge in [-0.1, -0.05) is 11.6 Å². The molecule has 3 N–H and O–H groups in total. The fourth-order valence-corrected chi connectivity index (χ4v) is 2.80. The molecule has 0 unspecified atom stereocenters. The normalized spacial score (nSPS) is 14.3. The maximum absolute atomic E-state index is 5.87. The third kappa shape index (κ3) is 3.42. The fraction of sp³-hybridized carbons (Fsp3) is 0.286. The smallest absolute Gasteiger partial charge is 0.143 e. The van der Waals surface area contributed by atoms with E-state index >= 15 is 0 Å². The van der Waals surface area contributed by atoms with Gasteiger partial charge in [0.05, 0.1) is 5.75 Å². The average Bonchev–Trinajstić information content (AvgIpc) is 3.31. The summed E-state index contributed by atoms with van der Waals surface area (Å²) >= 11 is 7.56. The molecule has 2 aromatic rings. The van der Waals surface area contributed by atoms with Crippen LogP contribution in [-0.4, -0.2) is 9.97 Å². The number of halogens is 1. The van der Waals surface area contributed by atoms with Crippen molar-refractivity contribution in [3.8, 4) is 0 Å². The molecule has 1 aromatic heterocycles. The number of thioether (sulfide) groups is 1. The molecule has 0 amide bonds. The zero-order valence-corrected chi connectivity index (χ0v) is 12.4. The Balaban J connectivity index is 1.72. The standard InChI is InChI=1S/C14H15ClN4S/c15-10-3-5-11(6-4-10)20-8-14-17-12(9-1-2-9)7-13(18-14)19-16/h3-7,9H,1-2,8,16H2,(H,17,18,19). The summed E-state index contributed by atoms with van der Waals surface area (Å²) in [5.74, 6) is 8.27. The molecule has 6 heteroatoms. The number of aromatic nitrogens is 2. The number of rotatable bonds is 5. The highest BCUT2D eigenvalue weighted by molar-refractivity contribution is 7.98. The lowest BCUT2D eigenvalue weighted by molar-refractivity contribution is 0.930. The zero-order valence-electron chi connectivity index (χ0n) is 10.8. The van der Waals surface area contributed by atoms with Gasteiger partial charge in [-0.25, -0.2) is 15.8 Å². The van der Waals surface area contributed by atoms with Crippen LogP contribution in [0.25, 0.3) is 0 Å². The Morgan fingerprint density at radius 1 is 1.25 bits per heavy atom. The van der Waals surface area contributed by atoms with Gasteiger partial charge in [-0.15, -0.1) is 11.8 Å². The number of hydrazine groups is 1. The van der Waals surface area contributed by atoms with Gasteiger partial charge in [0.2, 0.25) is 0 Å². The number of hydrogen-bond acceptors (Lipinski definition) is 5. The van der Waals surface area contributed by atoms with Crippen molar-refractivity contribution in [2.75, 3.05) is 5.43 Å². The molecule has 0 bridgehead atoms. The maximum atomic E-state index is 5.87. The Hall–Kier alpha value is -1.30. The lowest BCUT2D eigenvalue weighted by atomic mass is 10.3. The molecule has 1 aliphatic carbocycles. The van der Waals surface area contributed by atoms with Crippen LogP contribution in [0.2, 0.25) is 5.02 Å². The van der Waals surface area contributed by atoms with Crippen LogP contribution >= 0.6 is 23.4 Å². The third-order valence-electron chi connectivity index (χ3n) is 3.12.